The molecule has 1 atom stereocenters. The molecule has 1 aliphatic rings. The van der Waals surface area contributed by atoms with Gasteiger partial charge in [-0.1, -0.05) is 49.3 Å². The molecule has 4 heteroatoms. The van der Waals surface area contributed by atoms with Gasteiger partial charge in [0.2, 0.25) is 5.91 Å². The minimum Gasteiger partial charge on any atom is -0.390 e. The quantitative estimate of drug-likeness (QED) is 0.722. The van der Waals surface area contributed by atoms with Crippen LogP contribution in [0.1, 0.15) is 37.8 Å². The van der Waals surface area contributed by atoms with Crippen molar-refractivity contribution in [3.8, 4) is 0 Å². The molecule has 1 aromatic carbocycles. The number of amides is 1. The van der Waals surface area contributed by atoms with Crippen LogP contribution in [0, 0.1) is 12.8 Å². The van der Waals surface area contributed by atoms with E-state index in [4.69, 9.17) is 4.84 Å². The van der Waals surface area contributed by atoms with Gasteiger partial charge in [-0.15, -0.1) is 6.58 Å². The summed E-state index contributed by atoms with van der Waals surface area (Å²) in [6.45, 7) is 11.0. The van der Waals surface area contributed by atoms with E-state index in [0.29, 0.717) is 25.4 Å². The number of hydrogen-bond donors (Lipinski definition) is 0. The molecular formula is C19H26N2O2. The van der Waals surface area contributed by atoms with E-state index >= 15 is 0 Å². The standard InChI is InChI=1S/C19H26N2O2/c1-5-10-21(19(22)11-14(2)3)13-16-12-18(20-23-16)17-9-7-6-8-15(17)4/h5-9,14,16H,1,10-13H2,2-4H3/t16-/m0/s1. The number of benzene rings is 1. The first-order chi connectivity index (χ1) is 11.0. The van der Waals surface area contributed by atoms with E-state index in [0.717, 1.165) is 17.7 Å². The molecule has 0 bridgehead atoms. The topological polar surface area (TPSA) is 41.9 Å². The van der Waals surface area contributed by atoms with Gasteiger partial charge in [0.25, 0.3) is 0 Å². The van der Waals surface area contributed by atoms with Crippen LogP contribution in [0.15, 0.2) is 42.1 Å². The van der Waals surface area contributed by atoms with Crippen LogP contribution in [-0.4, -0.2) is 35.7 Å². The molecule has 0 spiro atoms. The van der Waals surface area contributed by atoms with Crippen LogP contribution < -0.4 is 0 Å². The van der Waals surface area contributed by atoms with Crippen molar-refractivity contribution in [2.24, 2.45) is 11.1 Å². The van der Waals surface area contributed by atoms with Gasteiger partial charge in [0.15, 0.2) is 6.10 Å². The lowest BCUT2D eigenvalue weighted by Gasteiger charge is -2.24. The molecule has 23 heavy (non-hydrogen) atoms. The largest absolute Gasteiger partial charge is 0.390 e. The monoisotopic (exact) mass is 314 g/mol. The second kappa shape index (κ2) is 7.95. The van der Waals surface area contributed by atoms with Crippen LogP contribution in [0.4, 0.5) is 0 Å². The van der Waals surface area contributed by atoms with Crippen molar-refractivity contribution in [3.05, 3.63) is 48.0 Å². The van der Waals surface area contributed by atoms with Crippen LogP contribution in [0.25, 0.3) is 0 Å². The SMILES string of the molecule is C=CCN(C[C@@H]1CC(c2ccccc2C)=NO1)C(=O)CC(C)C. The van der Waals surface area contributed by atoms with Crippen LogP contribution in [-0.2, 0) is 9.63 Å². The average Bonchev–Trinajstić information content (AvgIpc) is 2.95. The molecule has 0 radical (unpaired) electrons. The lowest BCUT2D eigenvalue weighted by atomic mass is 10.00. The fourth-order valence-electron chi connectivity index (χ4n) is 2.74. The van der Waals surface area contributed by atoms with E-state index in [2.05, 4.69) is 44.6 Å². The summed E-state index contributed by atoms with van der Waals surface area (Å²) in [7, 11) is 0. The van der Waals surface area contributed by atoms with Gasteiger partial charge in [-0.05, 0) is 18.4 Å². The normalized spacial score (nSPS) is 16.9. The number of carbonyl (C=O) groups is 1. The van der Waals surface area contributed by atoms with E-state index in [9.17, 15) is 4.79 Å². The highest BCUT2D eigenvalue weighted by molar-refractivity contribution is 6.02. The molecule has 0 saturated carbocycles. The summed E-state index contributed by atoms with van der Waals surface area (Å²) in [4.78, 5) is 19.7. The van der Waals surface area contributed by atoms with Crippen LogP contribution in [0.2, 0.25) is 0 Å². The Labute approximate surface area is 138 Å². The summed E-state index contributed by atoms with van der Waals surface area (Å²) < 4.78 is 0. The van der Waals surface area contributed by atoms with Gasteiger partial charge >= 0.3 is 0 Å². The predicted octanol–water partition coefficient (Wildman–Crippen LogP) is 3.55. The van der Waals surface area contributed by atoms with Gasteiger partial charge in [-0.2, -0.15) is 0 Å². The summed E-state index contributed by atoms with van der Waals surface area (Å²) in [5.41, 5.74) is 3.27. The van der Waals surface area contributed by atoms with Crippen molar-refractivity contribution in [2.45, 2.75) is 39.7 Å². The molecule has 124 valence electrons. The molecule has 1 aromatic rings. The van der Waals surface area contributed by atoms with Gasteiger partial charge in [0, 0.05) is 24.9 Å². The van der Waals surface area contributed by atoms with Gasteiger partial charge in [-0.25, -0.2) is 0 Å². The zero-order chi connectivity index (χ0) is 16.8. The fourth-order valence-corrected chi connectivity index (χ4v) is 2.74. The molecule has 0 saturated heterocycles. The Balaban J connectivity index is 1.97. The summed E-state index contributed by atoms with van der Waals surface area (Å²) in [6, 6.07) is 8.16. The van der Waals surface area contributed by atoms with E-state index in [-0.39, 0.29) is 12.0 Å². The Bertz CT molecular complexity index is 593. The molecule has 0 unspecified atom stereocenters. The third kappa shape index (κ3) is 4.68. The van der Waals surface area contributed by atoms with E-state index in [1.54, 1.807) is 6.08 Å². The van der Waals surface area contributed by atoms with Gasteiger partial charge < -0.3 is 9.74 Å². The van der Waals surface area contributed by atoms with E-state index < -0.39 is 0 Å². The Morgan fingerprint density at radius 3 is 2.87 bits per heavy atom. The van der Waals surface area contributed by atoms with Crippen molar-refractivity contribution < 1.29 is 9.63 Å². The lowest BCUT2D eigenvalue weighted by molar-refractivity contribution is -0.133. The van der Waals surface area contributed by atoms with Crippen LogP contribution >= 0.6 is 0 Å². The first-order valence-corrected chi connectivity index (χ1v) is 8.18. The summed E-state index contributed by atoms with van der Waals surface area (Å²) >= 11 is 0. The molecule has 4 nitrogen and oxygen atoms in total. The molecule has 1 aliphatic heterocycles. The summed E-state index contributed by atoms with van der Waals surface area (Å²) in [6.07, 6.45) is 2.95. The predicted molar refractivity (Wildman–Crippen MR) is 93.4 cm³/mol. The Kier molecular flexibility index (Phi) is 5.97. The van der Waals surface area contributed by atoms with Crippen molar-refractivity contribution >= 4 is 11.6 Å². The first kappa shape index (κ1) is 17.3. The molecule has 0 N–H and O–H groups in total. The van der Waals surface area contributed by atoms with Gasteiger partial charge in [-0.3, -0.25) is 4.79 Å². The number of aryl methyl sites for hydroxylation is 1. The number of rotatable bonds is 7. The Hall–Kier alpha value is -2.10. The van der Waals surface area contributed by atoms with Crippen molar-refractivity contribution in [1.82, 2.24) is 4.90 Å². The molecule has 0 fully saturated rings. The molecule has 0 aromatic heterocycles. The zero-order valence-corrected chi connectivity index (χ0v) is 14.3. The molecule has 1 amide bonds. The highest BCUT2D eigenvalue weighted by Gasteiger charge is 2.26. The minimum atomic E-state index is -0.0827. The maximum atomic E-state index is 12.3. The maximum Gasteiger partial charge on any atom is 0.223 e. The maximum absolute atomic E-state index is 12.3. The average molecular weight is 314 g/mol. The number of carbonyl (C=O) groups excluding carboxylic acids is 1. The van der Waals surface area contributed by atoms with Crippen LogP contribution in [0.5, 0.6) is 0 Å². The highest BCUT2D eigenvalue weighted by atomic mass is 16.6. The second-order valence-electron chi connectivity index (χ2n) is 6.47. The number of oxime groups is 1. The third-order valence-electron chi connectivity index (χ3n) is 3.90. The van der Waals surface area contributed by atoms with Gasteiger partial charge in [0.1, 0.15) is 0 Å². The lowest BCUT2D eigenvalue weighted by Crippen LogP contribution is -2.38. The van der Waals surface area contributed by atoms with Crippen molar-refractivity contribution in [3.63, 3.8) is 0 Å². The molecule has 2 rings (SSSR count). The second-order valence-corrected chi connectivity index (χ2v) is 6.47. The van der Waals surface area contributed by atoms with Crippen molar-refractivity contribution in [1.29, 1.82) is 0 Å². The molecular weight excluding hydrogens is 288 g/mol. The first-order valence-electron chi connectivity index (χ1n) is 8.18. The highest BCUT2D eigenvalue weighted by Crippen LogP contribution is 2.20. The van der Waals surface area contributed by atoms with E-state index in [1.807, 2.05) is 17.0 Å². The fraction of sp³-hybridized carbons (Fsp3) is 0.474. The molecule has 0 aliphatic carbocycles. The zero-order valence-electron chi connectivity index (χ0n) is 14.3. The smallest absolute Gasteiger partial charge is 0.223 e. The summed E-state index contributed by atoms with van der Waals surface area (Å²) in [5, 5.41) is 4.23. The Morgan fingerprint density at radius 1 is 1.48 bits per heavy atom. The number of nitrogens with zero attached hydrogens (tertiary/aromatic N) is 2. The van der Waals surface area contributed by atoms with Crippen molar-refractivity contribution in [2.75, 3.05) is 13.1 Å². The van der Waals surface area contributed by atoms with Gasteiger partial charge in [0.05, 0.1) is 12.3 Å². The molecule has 1 heterocycles. The van der Waals surface area contributed by atoms with Crippen LogP contribution in [0.3, 0.4) is 0 Å². The summed E-state index contributed by atoms with van der Waals surface area (Å²) in [5.74, 6) is 0.492. The third-order valence-corrected chi connectivity index (χ3v) is 3.90. The minimum absolute atomic E-state index is 0.0827. The van der Waals surface area contributed by atoms with E-state index in [1.165, 1.54) is 5.56 Å². The Morgan fingerprint density at radius 2 is 2.22 bits per heavy atom. The number of hydrogen-bond acceptors (Lipinski definition) is 3.